The SMILES string of the molecule is CNC(=O)C1CN(C(=O)c2ccc(F)c(F)c2)CC12CCOCC2. The van der Waals surface area contributed by atoms with Gasteiger partial charge in [0.15, 0.2) is 11.6 Å². The summed E-state index contributed by atoms with van der Waals surface area (Å²) >= 11 is 0. The van der Waals surface area contributed by atoms with Gasteiger partial charge in [-0.15, -0.1) is 0 Å². The lowest BCUT2D eigenvalue weighted by atomic mass is 9.72. The van der Waals surface area contributed by atoms with Crippen molar-refractivity contribution in [3.63, 3.8) is 0 Å². The first-order valence-corrected chi connectivity index (χ1v) is 8.00. The summed E-state index contributed by atoms with van der Waals surface area (Å²) in [7, 11) is 1.58. The van der Waals surface area contributed by atoms with Gasteiger partial charge < -0.3 is 15.0 Å². The van der Waals surface area contributed by atoms with E-state index in [1.165, 1.54) is 6.07 Å². The van der Waals surface area contributed by atoms with Crippen LogP contribution in [0.25, 0.3) is 0 Å². The van der Waals surface area contributed by atoms with Gasteiger partial charge in [0.1, 0.15) is 0 Å². The van der Waals surface area contributed by atoms with Crippen molar-refractivity contribution in [2.45, 2.75) is 12.8 Å². The van der Waals surface area contributed by atoms with Crippen molar-refractivity contribution >= 4 is 11.8 Å². The third kappa shape index (κ3) is 2.88. The Morgan fingerprint density at radius 2 is 1.96 bits per heavy atom. The molecule has 1 aromatic rings. The fourth-order valence-electron chi connectivity index (χ4n) is 3.76. The number of amides is 2. The second kappa shape index (κ2) is 6.47. The Hall–Kier alpha value is -2.02. The molecule has 2 amide bonds. The van der Waals surface area contributed by atoms with Crippen LogP contribution in [0.3, 0.4) is 0 Å². The predicted octanol–water partition coefficient (Wildman–Crippen LogP) is 1.58. The summed E-state index contributed by atoms with van der Waals surface area (Å²) < 4.78 is 31.9. The van der Waals surface area contributed by atoms with Crippen molar-refractivity contribution in [1.82, 2.24) is 10.2 Å². The van der Waals surface area contributed by atoms with Crippen LogP contribution < -0.4 is 5.32 Å². The zero-order valence-corrected chi connectivity index (χ0v) is 13.5. The van der Waals surface area contributed by atoms with E-state index in [-0.39, 0.29) is 35.3 Å². The molecule has 2 fully saturated rings. The Morgan fingerprint density at radius 1 is 1.25 bits per heavy atom. The van der Waals surface area contributed by atoms with Gasteiger partial charge in [-0.2, -0.15) is 0 Å². The number of carbonyl (C=O) groups excluding carboxylic acids is 2. The maximum atomic E-state index is 13.4. The van der Waals surface area contributed by atoms with Crippen LogP contribution in [-0.4, -0.2) is 50.1 Å². The molecule has 0 aliphatic carbocycles. The van der Waals surface area contributed by atoms with Gasteiger partial charge in [0.25, 0.3) is 5.91 Å². The van der Waals surface area contributed by atoms with E-state index in [9.17, 15) is 18.4 Å². The third-order valence-corrected chi connectivity index (χ3v) is 5.15. The minimum absolute atomic E-state index is 0.0914. The third-order valence-electron chi connectivity index (χ3n) is 5.15. The van der Waals surface area contributed by atoms with E-state index in [4.69, 9.17) is 4.74 Å². The zero-order valence-electron chi connectivity index (χ0n) is 13.5. The van der Waals surface area contributed by atoms with Crippen molar-refractivity contribution in [2.24, 2.45) is 11.3 Å². The van der Waals surface area contributed by atoms with Crippen molar-refractivity contribution in [3.8, 4) is 0 Å². The van der Waals surface area contributed by atoms with Crippen molar-refractivity contribution in [3.05, 3.63) is 35.4 Å². The summed E-state index contributed by atoms with van der Waals surface area (Å²) in [6.45, 7) is 1.81. The van der Waals surface area contributed by atoms with Crippen LogP contribution in [-0.2, 0) is 9.53 Å². The highest BCUT2D eigenvalue weighted by Gasteiger charge is 2.51. The maximum absolute atomic E-state index is 13.4. The predicted molar refractivity (Wildman–Crippen MR) is 82.3 cm³/mol. The van der Waals surface area contributed by atoms with Crippen LogP contribution >= 0.6 is 0 Å². The molecule has 5 nitrogen and oxygen atoms in total. The quantitative estimate of drug-likeness (QED) is 0.891. The lowest BCUT2D eigenvalue weighted by Crippen LogP contribution is -2.43. The number of rotatable bonds is 2. The highest BCUT2D eigenvalue weighted by molar-refractivity contribution is 5.95. The van der Waals surface area contributed by atoms with Gasteiger partial charge in [0.2, 0.25) is 5.91 Å². The summed E-state index contributed by atoms with van der Waals surface area (Å²) in [6, 6.07) is 3.12. The van der Waals surface area contributed by atoms with Gasteiger partial charge in [-0.1, -0.05) is 0 Å². The molecule has 0 bridgehead atoms. The molecule has 1 spiro atoms. The van der Waals surface area contributed by atoms with Crippen LogP contribution in [0.5, 0.6) is 0 Å². The molecule has 2 heterocycles. The number of likely N-dealkylation sites (tertiary alicyclic amines) is 1. The maximum Gasteiger partial charge on any atom is 0.254 e. The highest BCUT2D eigenvalue weighted by Crippen LogP contribution is 2.44. The normalized spacial score (nSPS) is 22.6. The lowest BCUT2D eigenvalue weighted by molar-refractivity contribution is -0.129. The average Bonchev–Trinajstić information content (AvgIpc) is 2.95. The Bertz CT molecular complexity index is 659. The zero-order chi connectivity index (χ0) is 17.3. The molecule has 0 saturated carbocycles. The molecule has 0 radical (unpaired) electrons. The molecule has 2 aliphatic rings. The van der Waals surface area contributed by atoms with Gasteiger partial charge >= 0.3 is 0 Å². The van der Waals surface area contributed by atoms with E-state index in [1.807, 2.05) is 0 Å². The van der Waals surface area contributed by atoms with Crippen LogP contribution in [0, 0.1) is 23.0 Å². The summed E-state index contributed by atoms with van der Waals surface area (Å²) in [6.07, 6.45) is 1.40. The van der Waals surface area contributed by atoms with Crippen LogP contribution in [0.4, 0.5) is 8.78 Å². The van der Waals surface area contributed by atoms with Crippen LogP contribution in [0.2, 0.25) is 0 Å². The van der Waals surface area contributed by atoms with Gasteiger partial charge in [-0.05, 0) is 31.0 Å². The van der Waals surface area contributed by atoms with E-state index >= 15 is 0 Å². The topological polar surface area (TPSA) is 58.6 Å². The van der Waals surface area contributed by atoms with Gasteiger partial charge in [-0.3, -0.25) is 9.59 Å². The van der Waals surface area contributed by atoms with E-state index in [0.29, 0.717) is 32.6 Å². The highest BCUT2D eigenvalue weighted by atomic mass is 19.2. The second-order valence-corrected chi connectivity index (χ2v) is 6.46. The van der Waals surface area contributed by atoms with Crippen LogP contribution in [0.1, 0.15) is 23.2 Å². The molecule has 7 heteroatoms. The van der Waals surface area contributed by atoms with Crippen LogP contribution in [0.15, 0.2) is 18.2 Å². The van der Waals surface area contributed by atoms with E-state index < -0.39 is 11.6 Å². The van der Waals surface area contributed by atoms with Crippen molar-refractivity contribution in [1.29, 1.82) is 0 Å². The monoisotopic (exact) mass is 338 g/mol. The molecule has 1 aromatic carbocycles. The molecule has 2 saturated heterocycles. The smallest absolute Gasteiger partial charge is 0.254 e. The molecule has 1 unspecified atom stereocenters. The molecule has 24 heavy (non-hydrogen) atoms. The molecule has 1 N–H and O–H groups in total. The molecule has 3 rings (SSSR count). The first-order chi connectivity index (χ1) is 11.5. The average molecular weight is 338 g/mol. The number of ether oxygens (including phenoxy) is 1. The largest absolute Gasteiger partial charge is 0.381 e. The minimum atomic E-state index is -1.05. The van der Waals surface area contributed by atoms with E-state index in [2.05, 4.69) is 5.32 Å². The molecule has 130 valence electrons. The summed E-state index contributed by atoms with van der Waals surface area (Å²) in [5.41, 5.74) is -0.222. The fourth-order valence-corrected chi connectivity index (χ4v) is 3.76. The Morgan fingerprint density at radius 3 is 2.58 bits per heavy atom. The Labute approximate surface area is 139 Å². The Kier molecular flexibility index (Phi) is 4.54. The summed E-state index contributed by atoms with van der Waals surface area (Å²) in [4.78, 5) is 26.5. The van der Waals surface area contributed by atoms with E-state index in [1.54, 1.807) is 11.9 Å². The first-order valence-electron chi connectivity index (χ1n) is 8.00. The van der Waals surface area contributed by atoms with E-state index in [0.717, 1.165) is 12.1 Å². The number of nitrogens with one attached hydrogen (secondary N) is 1. The summed E-state index contributed by atoms with van der Waals surface area (Å²) in [5.74, 6) is -2.84. The fraction of sp³-hybridized carbons (Fsp3) is 0.529. The van der Waals surface area contributed by atoms with Crippen molar-refractivity contribution < 1.29 is 23.1 Å². The van der Waals surface area contributed by atoms with Gasteiger partial charge in [0, 0.05) is 44.3 Å². The molecular weight excluding hydrogens is 318 g/mol. The van der Waals surface area contributed by atoms with Gasteiger partial charge in [0.05, 0.1) is 5.92 Å². The molecule has 1 atom stereocenters. The number of nitrogens with zero attached hydrogens (tertiary/aromatic N) is 1. The van der Waals surface area contributed by atoms with Gasteiger partial charge in [-0.25, -0.2) is 8.78 Å². The number of benzene rings is 1. The standard InChI is InChI=1S/C17H20F2N2O3/c1-20-15(22)12-9-21(10-17(12)4-6-24-7-5-17)16(23)11-2-3-13(18)14(19)8-11/h2-3,8,12H,4-7,9-10H2,1H3,(H,20,22). The Balaban J connectivity index is 1.85. The summed E-state index contributed by atoms with van der Waals surface area (Å²) in [5, 5.41) is 2.67. The number of hydrogen-bond donors (Lipinski definition) is 1. The van der Waals surface area contributed by atoms with Crippen molar-refractivity contribution in [2.75, 3.05) is 33.4 Å². The number of hydrogen-bond acceptors (Lipinski definition) is 3. The molecule has 2 aliphatic heterocycles. The molecule has 0 aromatic heterocycles. The lowest BCUT2D eigenvalue weighted by Gasteiger charge is -2.36. The first kappa shape index (κ1) is 16.8. The minimum Gasteiger partial charge on any atom is -0.381 e. The number of halogens is 2. The number of carbonyl (C=O) groups is 2. The molecular formula is C17H20F2N2O3. The second-order valence-electron chi connectivity index (χ2n) is 6.46.